The first-order valence-electron chi connectivity index (χ1n) is 8.67. The molecule has 5 nitrogen and oxygen atoms in total. The number of aromatic nitrogens is 1. The number of nitrogens with one attached hydrogen (secondary N) is 1. The molecule has 2 amide bonds. The van der Waals surface area contributed by atoms with Crippen molar-refractivity contribution in [2.75, 3.05) is 11.9 Å². The Morgan fingerprint density at radius 2 is 1.96 bits per heavy atom. The van der Waals surface area contributed by atoms with Crippen molar-refractivity contribution in [3.63, 3.8) is 0 Å². The molecule has 0 radical (unpaired) electrons. The van der Waals surface area contributed by atoms with E-state index in [-0.39, 0.29) is 18.4 Å². The minimum atomic E-state index is -1.13. The molecule has 0 fully saturated rings. The number of aryl methyl sites for hydroxylation is 2. The van der Waals surface area contributed by atoms with Gasteiger partial charge < -0.3 is 10.2 Å². The number of carbonyl (C=O) groups is 2. The lowest BCUT2D eigenvalue weighted by Gasteiger charge is -2.39. The number of hydrogen-bond acceptors (Lipinski definition) is 2. The Hall–Kier alpha value is -2.95. The third kappa shape index (κ3) is 2.79. The number of anilines is 1. The summed E-state index contributed by atoms with van der Waals surface area (Å²) in [5, 5.41) is 3.06. The maximum Gasteiger partial charge on any atom is 0.290 e. The molecule has 134 valence electrons. The number of hydrogen-bond donors (Lipinski definition) is 1. The van der Waals surface area contributed by atoms with E-state index in [2.05, 4.69) is 11.9 Å². The van der Waals surface area contributed by atoms with Gasteiger partial charge in [-0.25, -0.2) is 0 Å². The second kappa shape index (κ2) is 6.75. The van der Waals surface area contributed by atoms with E-state index >= 15 is 0 Å². The zero-order valence-corrected chi connectivity index (χ0v) is 15.5. The number of para-hydroxylation sites is 1. The first-order chi connectivity index (χ1) is 12.4. The lowest BCUT2D eigenvalue weighted by atomic mass is 9.90. The number of fused-ring (bicyclic) bond motifs is 1. The molecule has 1 aromatic carbocycles. The van der Waals surface area contributed by atoms with Crippen LogP contribution in [0, 0.1) is 13.8 Å². The number of nitrogens with zero attached hydrogens (tertiary/aromatic N) is 2. The summed E-state index contributed by atoms with van der Waals surface area (Å²) in [6.45, 7) is 9.99. The summed E-state index contributed by atoms with van der Waals surface area (Å²) in [5.74, 6) is -0.336. The zero-order chi connectivity index (χ0) is 18.9. The Bertz CT molecular complexity index is 870. The molecular weight excluding hydrogens is 326 g/mol. The van der Waals surface area contributed by atoms with Gasteiger partial charge in [-0.3, -0.25) is 9.59 Å². The standard InChI is InChI=1S/C21H23N3O2/c1-5-12-24-18(25)14-23-13-7-6-11-17(23)21(24,4)20(26)22-19-15(2)9-8-10-16(19)3/h5-11,13H,1,12,14H2,2-4H3/p+1/t21-/m1/s1. The van der Waals surface area contributed by atoms with Gasteiger partial charge in [-0.1, -0.05) is 30.3 Å². The van der Waals surface area contributed by atoms with Crippen molar-refractivity contribution in [3.05, 3.63) is 72.1 Å². The molecule has 0 spiro atoms. The molecule has 0 saturated carbocycles. The average Bonchev–Trinajstić information content (AvgIpc) is 2.61. The van der Waals surface area contributed by atoms with Gasteiger partial charge >= 0.3 is 0 Å². The average molecular weight is 350 g/mol. The van der Waals surface area contributed by atoms with Crippen LogP contribution in [0.5, 0.6) is 0 Å². The molecule has 1 atom stereocenters. The molecular formula is C21H24N3O2+. The minimum Gasteiger partial charge on any atom is -0.323 e. The molecule has 2 heterocycles. The van der Waals surface area contributed by atoms with Gasteiger partial charge in [-0.2, -0.15) is 4.57 Å². The second-order valence-corrected chi connectivity index (χ2v) is 6.80. The Morgan fingerprint density at radius 1 is 1.27 bits per heavy atom. The molecule has 1 aromatic heterocycles. The summed E-state index contributed by atoms with van der Waals surface area (Å²) < 4.78 is 1.84. The number of amides is 2. The molecule has 1 aliphatic rings. The third-order valence-electron chi connectivity index (χ3n) is 5.06. The normalized spacial score (nSPS) is 19.0. The predicted octanol–water partition coefficient (Wildman–Crippen LogP) is 2.47. The molecule has 5 heteroatoms. The van der Waals surface area contributed by atoms with Crippen LogP contribution in [0.1, 0.15) is 23.7 Å². The van der Waals surface area contributed by atoms with E-state index in [4.69, 9.17) is 0 Å². The molecule has 0 unspecified atom stereocenters. The highest BCUT2D eigenvalue weighted by atomic mass is 16.2. The van der Waals surface area contributed by atoms with E-state index in [0.29, 0.717) is 6.54 Å². The van der Waals surface area contributed by atoms with Crippen LogP contribution in [0.15, 0.2) is 55.3 Å². The van der Waals surface area contributed by atoms with Crippen molar-refractivity contribution >= 4 is 17.5 Å². The summed E-state index contributed by atoms with van der Waals surface area (Å²) in [7, 11) is 0. The van der Waals surface area contributed by atoms with E-state index < -0.39 is 5.54 Å². The molecule has 1 N–H and O–H groups in total. The van der Waals surface area contributed by atoms with E-state index in [0.717, 1.165) is 22.5 Å². The SMILES string of the molecule is C=CCN1C(=O)C[n+]2ccccc2[C@]1(C)C(=O)Nc1c(C)cccc1C. The summed E-state index contributed by atoms with van der Waals surface area (Å²) in [6, 6.07) is 11.5. The lowest BCUT2D eigenvalue weighted by Crippen LogP contribution is -2.67. The van der Waals surface area contributed by atoms with Crippen molar-refractivity contribution in [1.29, 1.82) is 0 Å². The first kappa shape index (κ1) is 17.9. The Balaban J connectivity index is 2.10. The van der Waals surface area contributed by atoms with Crippen molar-refractivity contribution in [2.45, 2.75) is 32.9 Å². The van der Waals surface area contributed by atoms with Gasteiger partial charge in [0.2, 0.25) is 17.8 Å². The fraction of sp³-hybridized carbons (Fsp3) is 0.286. The third-order valence-corrected chi connectivity index (χ3v) is 5.06. The largest absolute Gasteiger partial charge is 0.323 e. The van der Waals surface area contributed by atoms with Crippen LogP contribution < -0.4 is 9.88 Å². The quantitative estimate of drug-likeness (QED) is 0.680. The maximum absolute atomic E-state index is 13.4. The van der Waals surface area contributed by atoms with Crippen LogP contribution in [0.25, 0.3) is 0 Å². The number of rotatable bonds is 4. The molecule has 1 aliphatic heterocycles. The van der Waals surface area contributed by atoms with Crippen LogP contribution in [-0.4, -0.2) is 23.3 Å². The van der Waals surface area contributed by atoms with E-state index in [1.807, 2.05) is 61.0 Å². The zero-order valence-electron chi connectivity index (χ0n) is 15.5. The predicted molar refractivity (Wildman–Crippen MR) is 100 cm³/mol. The number of pyridine rings is 1. The smallest absolute Gasteiger partial charge is 0.290 e. The Labute approximate surface area is 154 Å². The Kier molecular flexibility index (Phi) is 4.64. The first-order valence-corrected chi connectivity index (χ1v) is 8.67. The van der Waals surface area contributed by atoms with Crippen LogP contribution in [0.3, 0.4) is 0 Å². The van der Waals surface area contributed by atoms with Crippen molar-refractivity contribution in [1.82, 2.24) is 4.90 Å². The van der Waals surface area contributed by atoms with Crippen molar-refractivity contribution < 1.29 is 14.2 Å². The number of carbonyl (C=O) groups excluding carboxylic acids is 2. The van der Waals surface area contributed by atoms with Gasteiger partial charge in [-0.15, -0.1) is 6.58 Å². The minimum absolute atomic E-state index is 0.104. The molecule has 0 aliphatic carbocycles. The highest BCUT2D eigenvalue weighted by Crippen LogP contribution is 2.32. The fourth-order valence-corrected chi connectivity index (χ4v) is 3.57. The molecule has 0 bridgehead atoms. The van der Waals surface area contributed by atoms with Gasteiger partial charge in [0.05, 0.1) is 0 Å². The van der Waals surface area contributed by atoms with Gasteiger partial charge in [-0.05, 0) is 31.9 Å². The number of benzene rings is 1. The highest BCUT2D eigenvalue weighted by molar-refractivity contribution is 6.01. The van der Waals surface area contributed by atoms with Gasteiger partial charge in [0.1, 0.15) is 0 Å². The molecule has 0 saturated heterocycles. The van der Waals surface area contributed by atoms with E-state index in [1.54, 1.807) is 17.9 Å². The lowest BCUT2D eigenvalue weighted by molar-refractivity contribution is -0.701. The topological polar surface area (TPSA) is 53.3 Å². The van der Waals surface area contributed by atoms with Crippen molar-refractivity contribution in [2.24, 2.45) is 0 Å². The van der Waals surface area contributed by atoms with Gasteiger partial charge in [0, 0.05) is 24.4 Å². The maximum atomic E-state index is 13.4. The van der Waals surface area contributed by atoms with Crippen LogP contribution in [0.4, 0.5) is 5.69 Å². The highest BCUT2D eigenvalue weighted by Gasteiger charge is 2.53. The van der Waals surface area contributed by atoms with Crippen LogP contribution >= 0.6 is 0 Å². The summed E-state index contributed by atoms with van der Waals surface area (Å²) in [5.41, 5.74) is 2.42. The van der Waals surface area contributed by atoms with Gasteiger partial charge in [0.15, 0.2) is 6.20 Å². The van der Waals surface area contributed by atoms with Crippen LogP contribution in [-0.2, 0) is 21.7 Å². The summed E-state index contributed by atoms with van der Waals surface area (Å²) in [4.78, 5) is 27.8. The summed E-state index contributed by atoms with van der Waals surface area (Å²) >= 11 is 0. The molecule has 2 aromatic rings. The monoisotopic (exact) mass is 350 g/mol. The summed E-state index contributed by atoms with van der Waals surface area (Å²) in [6.07, 6.45) is 3.49. The van der Waals surface area contributed by atoms with E-state index in [1.165, 1.54) is 0 Å². The van der Waals surface area contributed by atoms with Crippen LogP contribution in [0.2, 0.25) is 0 Å². The van der Waals surface area contributed by atoms with Gasteiger partial charge in [0.25, 0.3) is 11.8 Å². The molecule has 26 heavy (non-hydrogen) atoms. The van der Waals surface area contributed by atoms with Crippen molar-refractivity contribution in [3.8, 4) is 0 Å². The Morgan fingerprint density at radius 3 is 2.62 bits per heavy atom. The molecule has 3 rings (SSSR count). The van der Waals surface area contributed by atoms with E-state index in [9.17, 15) is 9.59 Å². The fourth-order valence-electron chi connectivity index (χ4n) is 3.57. The second-order valence-electron chi connectivity index (χ2n) is 6.80.